The molecule has 106 valence electrons. The Kier molecular flexibility index (Phi) is 5.04. The van der Waals surface area contributed by atoms with Crippen molar-refractivity contribution in [3.05, 3.63) is 58.6 Å². The minimum absolute atomic E-state index is 0.257. The van der Waals surface area contributed by atoms with Crippen LogP contribution >= 0.6 is 11.6 Å². The molecule has 0 heterocycles. The molecule has 0 saturated heterocycles. The van der Waals surface area contributed by atoms with E-state index in [1.165, 1.54) is 0 Å². The highest BCUT2D eigenvalue weighted by atomic mass is 35.5. The molecule has 0 fully saturated rings. The summed E-state index contributed by atoms with van der Waals surface area (Å²) in [6.45, 7) is 0.649. The number of phenolic OH excluding ortho intramolecular Hbond substituents is 1. The zero-order chi connectivity index (χ0) is 14.5. The number of aromatic hydroxyl groups is 1. The molecule has 2 aromatic carbocycles. The minimum Gasteiger partial charge on any atom is -0.508 e. The molecule has 5 heteroatoms. The first-order chi connectivity index (χ1) is 9.54. The minimum atomic E-state index is -0.918. The summed E-state index contributed by atoms with van der Waals surface area (Å²) in [4.78, 5) is 0. The molecule has 20 heavy (non-hydrogen) atoms. The lowest BCUT2D eigenvalue weighted by Crippen LogP contribution is -2.01. The maximum atomic E-state index is 11.3. The van der Waals surface area contributed by atoms with Gasteiger partial charge in [0.2, 0.25) is 0 Å². The van der Waals surface area contributed by atoms with Crippen LogP contribution in [0.25, 0.3) is 0 Å². The second-order valence-electron chi connectivity index (χ2n) is 4.54. The Morgan fingerprint density at radius 3 is 2.55 bits per heavy atom. The molecule has 2 aromatic rings. The zero-order valence-corrected chi connectivity index (χ0v) is 12.7. The zero-order valence-electron chi connectivity index (χ0n) is 11.1. The van der Waals surface area contributed by atoms with Crippen LogP contribution in [0.15, 0.2) is 42.5 Å². The lowest BCUT2D eigenvalue weighted by molar-refractivity contribution is 0.475. The number of benzene rings is 2. The number of hydrogen-bond acceptors (Lipinski definition) is 3. The largest absolute Gasteiger partial charge is 0.508 e. The van der Waals surface area contributed by atoms with Crippen LogP contribution in [0.1, 0.15) is 11.1 Å². The van der Waals surface area contributed by atoms with E-state index in [1.807, 2.05) is 30.3 Å². The summed E-state index contributed by atoms with van der Waals surface area (Å²) >= 11 is 6.08. The fraction of sp³-hybridized carbons (Fsp3) is 0.200. The van der Waals surface area contributed by atoms with E-state index in [9.17, 15) is 9.32 Å². The molecule has 2 N–H and O–H groups in total. The molecule has 0 aliphatic rings. The van der Waals surface area contributed by atoms with Crippen molar-refractivity contribution in [3.63, 3.8) is 0 Å². The monoisotopic (exact) mass is 309 g/mol. The molecule has 0 aromatic heterocycles. The SMILES string of the molecule is C[S@@](=O)Cc1cc(NCc2ccc(O)cc2)ccc1Cl. The summed E-state index contributed by atoms with van der Waals surface area (Å²) in [6, 6.07) is 12.7. The molecule has 3 nitrogen and oxygen atoms in total. The van der Waals surface area contributed by atoms with Gasteiger partial charge in [-0.05, 0) is 41.5 Å². The maximum Gasteiger partial charge on any atom is 0.115 e. The van der Waals surface area contributed by atoms with E-state index < -0.39 is 10.8 Å². The molecule has 1 atom stereocenters. The topological polar surface area (TPSA) is 49.3 Å². The van der Waals surface area contributed by atoms with Crippen LogP contribution in [0.5, 0.6) is 5.75 Å². The highest BCUT2D eigenvalue weighted by Gasteiger charge is 2.04. The summed E-state index contributed by atoms with van der Waals surface area (Å²) in [5, 5.41) is 13.1. The highest BCUT2D eigenvalue weighted by molar-refractivity contribution is 7.83. The molecular weight excluding hydrogens is 294 g/mol. The van der Waals surface area contributed by atoms with Gasteiger partial charge in [0.25, 0.3) is 0 Å². The van der Waals surface area contributed by atoms with Gasteiger partial charge in [-0.2, -0.15) is 0 Å². The summed E-state index contributed by atoms with van der Waals surface area (Å²) in [6.07, 6.45) is 1.66. The van der Waals surface area contributed by atoms with Gasteiger partial charge in [0.05, 0.1) is 0 Å². The number of phenols is 1. The van der Waals surface area contributed by atoms with Gasteiger partial charge in [-0.25, -0.2) is 0 Å². The van der Waals surface area contributed by atoms with Crippen LogP contribution in [0.2, 0.25) is 5.02 Å². The van der Waals surface area contributed by atoms with Crippen molar-refractivity contribution in [3.8, 4) is 5.75 Å². The molecular formula is C15H16ClNO2S. The van der Waals surface area contributed by atoms with Crippen molar-refractivity contribution in [1.82, 2.24) is 0 Å². The molecule has 2 rings (SSSR count). The van der Waals surface area contributed by atoms with E-state index >= 15 is 0 Å². The standard InChI is InChI=1S/C15H16ClNO2S/c1-20(19)10-12-8-13(4-7-15(12)16)17-9-11-2-5-14(18)6-3-11/h2-8,17-18H,9-10H2,1H3/t20-/m1/s1. The predicted octanol–water partition coefficient (Wildman–Crippen LogP) is 3.54. The molecule has 0 aliphatic carbocycles. The van der Waals surface area contributed by atoms with E-state index in [4.69, 9.17) is 11.6 Å². The predicted molar refractivity (Wildman–Crippen MR) is 84.7 cm³/mol. The fourth-order valence-corrected chi connectivity index (χ4v) is 2.77. The van der Waals surface area contributed by atoms with Crippen LogP contribution in [0.3, 0.4) is 0 Å². The second-order valence-corrected chi connectivity index (χ2v) is 6.39. The van der Waals surface area contributed by atoms with Gasteiger partial charge >= 0.3 is 0 Å². The Hall–Kier alpha value is -1.52. The summed E-state index contributed by atoms with van der Waals surface area (Å²) in [5.41, 5.74) is 2.88. The van der Waals surface area contributed by atoms with Gasteiger partial charge in [0, 0.05) is 40.1 Å². The normalized spacial score (nSPS) is 12.1. The number of halogens is 1. The van der Waals surface area contributed by atoms with E-state index in [0.717, 1.165) is 16.8 Å². The van der Waals surface area contributed by atoms with Crippen LogP contribution in [-0.4, -0.2) is 15.6 Å². The number of anilines is 1. The molecule has 0 bridgehead atoms. The first kappa shape index (κ1) is 14.9. The van der Waals surface area contributed by atoms with Gasteiger partial charge in [0.15, 0.2) is 0 Å². The van der Waals surface area contributed by atoms with Gasteiger partial charge in [-0.1, -0.05) is 23.7 Å². The van der Waals surface area contributed by atoms with Crippen molar-refractivity contribution in [1.29, 1.82) is 0 Å². The Morgan fingerprint density at radius 2 is 1.90 bits per heavy atom. The molecule has 0 radical (unpaired) electrons. The molecule has 0 saturated carbocycles. The van der Waals surface area contributed by atoms with E-state index in [-0.39, 0.29) is 5.75 Å². The third kappa shape index (κ3) is 4.25. The van der Waals surface area contributed by atoms with E-state index in [0.29, 0.717) is 17.3 Å². The molecule has 0 aliphatic heterocycles. The quantitative estimate of drug-likeness (QED) is 0.888. The van der Waals surface area contributed by atoms with Crippen molar-refractivity contribution >= 4 is 28.1 Å². The third-order valence-electron chi connectivity index (χ3n) is 2.84. The second kappa shape index (κ2) is 6.77. The Labute approximate surface area is 126 Å². The average molecular weight is 310 g/mol. The molecule has 0 unspecified atom stereocenters. The Bertz CT molecular complexity index is 614. The van der Waals surface area contributed by atoms with Crippen LogP contribution in [0, 0.1) is 0 Å². The lowest BCUT2D eigenvalue weighted by Gasteiger charge is -2.10. The summed E-state index contributed by atoms with van der Waals surface area (Å²) in [5.74, 6) is 0.709. The fourth-order valence-electron chi connectivity index (χ4n) is 1.83. The van der Waals surface area contributed by atoms with Gasteiger partial charge in [0.1, 0.15) is 5.75 Å². The van der Waals surface area contributed by atoms with Crippen molar-refractivity contribution in [2.24, 2.45) is 0 Å². The van der Waals surface area contributed by atoms with Crippen LogP contribution in [0.4, 0.5) is 5.69 Å². The van der Waals surface area contributed by atoms with Crippen molar-refractivity contribution in [2.45, 2.75) is 12.3 Å². The van der Waals surface area contributed by atoms with Crippen molar-refractivity contribution in [2.75, 3.05) is 11.6 Å². The first-order valence-electron chi connectivity index (χ1n) is 6.15. The highest BCUT2D eigenvalue weighted by Crippen LogP contribution is 2.22. The van der Waals surface area contributed by atoms with Crippen LogP contribution in [-0.2, 0) is 23.1 Å². The van der Waals surface area contributed by atoms with E-state index in [1.54, 1.807) is 18.4 Å². The average Bonchev–Trinajstić information content (AvgIpc) is 2.41. The number of hydrogen-bond donors (Lipinski definition) is 2. The van der Waals surface area contributed by atoms with Gasteiger partial charge < -0.3 is 10.4 Å². The molecule has 0 amide bonds. The van der Waals surface area contributed by atoms with Crippen molar-refractivity contribution < 1.29 is 9.32 Å². The van der Waals surface area contributed by atoms with E-state index in [2.05, 4.69) is 5.32 Å². The smallest absolute Gasteiger partial charge is 0.115 e. The summed E-state index contributed by atoms with van der Waals surface area (Å²) < 4.78 is 11.3. The van der Waals surface area contributed by atoms with Gasteiger partial charge in [-0.15, -0.1) is 0 Å². The Balaban J connectivity index is 2.06. The molecule has 0 spiro atoms. The van der Waals surface area contributed by atoms with Crippen LogP contribution < -0.4 is 5.32 Å². The first-order valence-corrected chi connectivity index (χ1v) is 8.25. The lowest BCUT2D eigenvalue weighted by atomic mass is 10.2. The maximum absolute atomic E-state index is 11.3. The Morgan fingerprint density at radius 1 is 1.20 bits per heavy atom. The third-order valence-corrected chi connectivity index (χ3v) is 3.92. The number of rotatable bonds is 5. The summed E-state index contributed by atoms with van der Waals surface area (Å²) in [7, 11) is -0.918. The van der Waals surface area contributed by atoms with Gasteiger partial charge in [-0.3, -0.25) is 4.21 Å². The number of nitrogens with one attached hydrogen (secondary N) is 1.